The van der Waals surface area contributed by atoms with Crippen LogP contribution >= 0.6 is 0 Å². The normalized spacial score (nSPS) is 13.3. The second-order valence-corrected chi connectivity index (χ2v) is 7.03. The van der Waals surface area contributed by atoms with Crippen molar-refractivity contribution < 1.29 is 4.79 Å². The van der Waals surface area contributed by atoms with Crippen molar-refractivity contribution in [2.45, 2.75) is 26.2 Å². The van der Waals surface area contributed by atoms with Gasteiger partial charge in [0.1, 0.15) is 17.8 Å². The van der Waals surface area contributed by atoms with Crippen LogP contribution in [-0.4, -0.2) is 44.2 Å². The lowest BCUT2D eigenvalue weighted by Gasteiger charge is -2.23. The number of carbonyl (C=O) groups excluding carboxylic acids is 1. The molecule has 28 heavy (non-hydrogen) atoms. The fourth-order valence-electron chi connectivity index (χ4n) is 3.11. The standard InChI is InChI=1S/C20H23N7O/c1-2-11-26(13-15-9-10-15)19-8-4-7-18(23-19)20(28)22-16-5-3-6-17(12-16)27-14-21-24-25-27/h3-8,12,14-15H,2,9-11,13H2,1H3,(H,22,28). The second kappa shape index (κ2) is 8.16. The summed E-state index contributed by atoms with van der Waals surface area (Å²) < 4.78 is 1.54. The first-order valence-electron chi connectivity index (χ1n) is 9.59. The monoisotopic (exact) mass is 377 g/mol. The minimum atomic E-state index is -0.237. The molecular weight excluding hydrogens is 354 g/mol. The van der Waals surface area contributed by atoms with E-state index in [1.54, 1.807) is 6.07 Å². The summed E-state index contributed by atoms with van der Waals surface area (Å²) >= 11 is 0. The largest absolute Gasteiger partial charge is 0.356 e. The van der Waals surface area contributed by atoms with Crippen LogP contribution in [0.5, 0.6) is 0 Å². The van der Waals surface area contributed by atoms with Gasteiger partial charge in [-0.05, 0) is 65.9 Å². The third-order valence-corrected chi connectivity index (χ3v) is 4.68. The molecule has 4 rings (SSSR count). The molecular formula is C20H23N7O. The van der Waals surface area contributed by atoms with E-state index in [0.717, 1.165) is 36.9 Å². The highest BCUT2D eigenvalue weighted by Gasteiger charge is 2.25. The first kappa shape index (κ1) is 18.1. The molecule has 2 aromatic heterocycles. The maximum atomic E-state index is 12.7. The molecule has 144 valence electrons. The number of nitrogens with zero attached hydrogens (tertiary/aromatic N) is 6. The van der Waals surface area contributed by atoms with Gasteiger partial charge in [0.2, 0.25) is 0 Å². The number of aromatic nitrogens is 5. The van der Waals surface area contributed by atoms with E-state index in [2.05, 4.69) is 37.6 Å². The quantitative estimate of drug-likeness (QED) is 0.649. The molecule has 0 aliphatic heterocycles. The number of tetrazole rings is 1. The summed E-state index contributed by atoms with van der Waals surface area (Å²) in [5.41, 5.74) is 1.83. The molecule has 1 aliphatic carbocycles. The van der Waals surface area contributed by atoms with Crippen molar-refractivity contribution >= 4 is 17.4 Å². The molecule has 8 heteroatoms. The number of amides is 1. The SMILES string of the molecule is CCCN(CC1CC1)c1cccc(C(=O)Nc2cccc(-n3cnnn3)c2)n1. The van der Waals surface area contributed by atoms with Crippen LogP contribution < -0.4 is 10.2 Å². The Hall–Kier alpha value is -3.29. The van der Waals surface area contributed by atoms with Crippen LogP contribution in [0.3, 0.4) is 0 Å². The number of nitrogens with one attached hydrogen (secondary N) is 1. The lowest BCUT2D eigenvalue weighted by molar-refractivity contribution is 0.102. The molecule has 0 saturated heterocycles. The number of hydrogen-bond acceptors (Lipinski definition) is 6. The number of rotatable bonds is 8. The molecule has 1 saturated carbocycles. The smallest absolute Gasteiger partial charge is 0.274 e. The minimum Gasteiger partial charge on any atom is -0.356 e. The number of carbonyl (C=O) groups is 1. The topological polar surface area (TPSA) is 88.8 Å². The average Bonchev–Trinajstić information content (AvgIpc) is 3.37. The molecule has 3 aromatic rings. The highest BCUT2D eigenvalue weighted by molar-refractivity contribution is 6.03. The van der Waals surface area contributed by atoms with Gasteiger partial charge in [-0.2, -0.15) is 0 Å². The zero-order valence-corrected chi connectivity index (χ0v) is 15.8. The van der Waals surface area contributed by atoms with Gasteiger partial charge in [0.25, 0.3) is 5.91 Å². The van der Waals surface area contributed by atoms with Crippen molar-refractivity contribution in [1.82, 2.24) is 25.2 Å². The fourth-order valence-corrected chi connectivity index (χ4v) is 3.11. The van der Waals surface area contributed by atoms with Crippen molar-refractivity contribution in [2.24, 2.45) is 5.92 Å². The molecule has 1 fully saturated rings. The van der Waals surface area contributed by atoms with Gasteiger partial charge in [-0.15, -0.1) is 5.10 Å². The third-order valence-electron chi connectivity index (χ3n) is 4.68. The Balaban J connectivity index is 1.50. The van der Waals surface area contributed by atoms with Crippen LogP contribution in [0.1, 0.15) is 36.7 Å². The summed E-state index contributed by atoms with van der Waals surface area (Å²) in [5, 5.41) is 14.0. The molecule has 8 nitrogen and oxygen atoms in total. The van der Waals surface area contributed by atoms with Crippen molar-refractivity contribution in [3.05, 3.63) is 54.5 Å². The Kier molecular flexibility index (Phi) is 5.27. The molecule has 0 atom stereocenters. The van der Waals surface area contributed by atoms with E-state index in [1.165, 1.54) is 23.9 Å². The molecule has 1 aromatic carbocycles. The first-order chi connectivity index (χ1) is 13.7. The predicted octanol–water partition coefficient (Wildman–Crippen LogP) is 2.94. The predicted molar refractivity (Wildman–Crippen MR) is 107 cm³/mol. The number of pyridine rings is 1. The van der Waals surface area contributed by atoms with Gasteiger partial charge in [0.05, 0.1) is 5.69 Å². The van der Waals surface area contributed by atoms with E-state index in [-0.39, 0.29) is 5.91 Å². The number of benzene rings is 1. The Bertz CT molecular complexity index is 937. The fraction of sp³-hybridized carbons (Fsp3) is 0.350. The van der Waals surface area contributed by atoms with Crippen LogP contribution in [0.15, 0.2) is 48.8 Å². The lowest BCUT2D eigenvalue weighted by Crippen LogP contribution is -2.28. The van der Waals surface area contributed by atoms with E-state index in [1.807, 2.05) is 36.4 Å². The molecule has 0 unspecified atom stereocenters. The van der Waals surface area contributed by atoms with Gasteiger partial charge in [-0.3, -0.25) is 4.79 Å². The third kappa shape index (κ3) is 4.33. The van der Waals surface area contributed by atoms with Gasteiger partial charge < -0.3 is 10.2 Å². The summed E-state index contributed by atoms with van der Waals surface area (Å²) in [6, 6.07) is 13.0. The first-order valence-corrected chi connectivity index (χ1v) is 9.59. The molecule has 1 amide bonds. The van der Waals surface area contributed by atoms with Crippen LogP contribution in [0.2, 0.25) is 0 Å². The zero-order valence-electron chi connectivity index (χ0n) is 15.8. The molecule has 2 heterocycles. The van der Waals surface area contributed by atoms with Gasteiger partial charge >= 0.3 is 0 Å². The highest BCUT2D eigenvalue weighted by Crippen LogP contribution is 2.31. The maximum Gasteiger partial charge on any atom is 0.274 e. The van der Waals surface area contributed by atoms with E-state index in [0.29, 0.717) is 11.4 Å². The molecule has 0 radical (unpaired) electrons. The Morgan fingerprint density at radius 1 is 1.25 bits per heavy atom. The van der Waals surface area contributed by atoms with Gasteiger partial charge in [-0.25, -0.2) is 9.67 Å². The van der Waals surface area contributed by atoms with Gasteiger partial charge in [0.15, 0.2) is 0 Å². The van der Waals surface area contributed by atoms with Gasteiger partial charge in [-0.1, -0.05) is 19.1 Å². The maximum absolute atomic E-state index is 12.7. The summed E-state index contributed by atoms with van der Waals surface area (Å²) in [7, 11) is 0. The van der Waals surface area contributed by atoms with Crippen molar-refractivity contribution in [3.63, 3.8) is 0 Å². The summed E-state index contributed by atoms with van der Waals surface area (Å²) in [6.07, 6.45) is 5.14. The number of hydrogen-bond donors (Lipinski definition) is 1. The van der Waals surface area contributed by atoms with Crippen LogP contribution in [0.4, 0.5) is 11.5 Å². The Labute approximate surface area is 163 Å². The van der Waals surface area contributed by atoms with Gasteiger partial charge in [0, 0.05) is 18.8 Å². The Morgan fingerprint density at radius 3 is 2.86 bits per heavy atom. The summed E-state index contributed by atoms with van der Waals surface area (Å²) in [4.78, 5) is 19.6. The average molecular weight is 377 g/mol. The molecule has 0 spiro atoms. The van der Waals surface area contributed by atoms with Crippen LogP contribution in [-0.2, 0) is 0 Å². The molecule has 0 bridgehead atoms. The van der Waals surface area contributed by atoms with E-state index in [4.69, 9.17) is 0 Å². The summed E-state index contributed by atoms with van der Waals surface area (Å²) in [6.45, 7) is 4.12. The molecule has 1 N–H and O–H groups in total. The lowest BCUT2D eigenvalue weighted by atomic mass is 10.2. The van der Waals surface area contributed by atoms with Crippen molar-refractivity contribution in [2.75, 3.05) is 23.3 Å². The molecule has 1 aliphatic rings. The minimum absolute atomic E-state index is 0.237. The second-order valence-electron chi connectivity index (χ2n) is 7.03. The zero-order chi connectivity index (χ0) is 19.3. The summed E-state index contributed by atoms with van der Waals surface area (Å²) in [5.74, 6) is 1.39. The number of anilines is 2. The van der Waals surface area contributed by atoms with Crippen molar-refractivity contribution in [3.8, 4) is 5.69 Å². The van der Waals surface area contributed by atoms with Crippen LogP contribution in [0, 0.1) is 5.92 Å². The van der Waals surface area contributed by atoms with E-state index in [9.17, 15) is 4.79 Å². The van der Waals surface area contributed by atoms with E-state index < -0.39 is 0 Å². The highest BCUT2D eigenvalue weighted by atomic mass is 16.1. The Morgan fingerprint density at radius 2 is 2.11 bits per heavy atom. The van der Waals surface area contributed by atoms with Crippen LogP contribution in [0.25, 0.3) is 5.69 Å². The van der Waals surface area contributed by atoms with E-state index >= 15 is 0 Å². The van der Waals surface area contributed by atoms with Crippen molar-refractivity contribution in [1.29, 1.82) is 0 Å².